The second kappa shape index (κ2) is 5.73. The summed E-state index contributed by atoms with van der Waals surface area (Å²) >= 11 is 0. The summed E-state index contributed by atoms with van der Waals surface area (Å²) in [6.45, 7) is 2.83. The first-order valence-corrected chi connectivity index (χ1v) is 6.22. The van der Waals surface area contributed by atoms with Gasteiger partial charge in [-0.1, -0.05) is 13.3 Å². The van der Waals surface area contributed by atoms with Gasteiger partial charge < -0.3 is 15.8 Å². The van der Waals surface area contributed by atoms with Gasteiger partial charge in [0, 0.05) is 18.5 Å². The third kappa shape index (κ3) is 2.73. The number of methoxy groups -OCH3 is 1. The molecule has 0 bridgehead atoms. The number of hydrogen-bond acceptors (Lipinski definition) is 4. The molecule has 0 amide bonds. The van der Waals surface area contributed by atoms with Gasteiger partial charge >= 0.3 is 0 Å². The van der Waals surface area contributed by atoms with Crippen molar-refractivity contribution in [3.63, 3.8) is 0 Å². The van der Waals surface area contributed by atoms with Crippen LogP contribution in [-0.4, -0.2) is 30.0 Å². The van der Waals surface area contributed by atoms with Gasteiger partial charge in [-0.25, -0.2) is 0 Å². The van der Waals surface area contributed by atoms with Crippen LogP contribution in [0, 0.1) is 0 Å². The van der Waals surface area contributed by atoms with E-state index in [1.807, 2.05) is 12.1 Å². The molecule has 98 valence electrons. The maximum absolute atomic E-state index is 6.04. The van der Waals surface area contributed by atoms with Crippen molar-refractivity contribution in [3.05, 3.63) is 18.3 Å². The molecule has 1 heterocycles. The number of nitrogens with zero attached hydrogens (tertiary/aromatic N) is 1. The van der Waals surface area contributed by atoms with E-state index in [0.717, 1.165) is 35.1 Å². The summed E-state index contributed by atoms with van der Waals surface area (Å²) in [5.41, 5.74) is 8.70. The average Bonchev–Trinajstić information content (AvgIpc) is 2.77. The van der Waals surface area contributed by atoms with Crippen molar-refractivity contribution in [1.29, 1.82) is 0 Å². The first-order valence-electron chi connectivity index (χ1n) is 6.22. The van der Waals surface area contributed by atoms with Crippen LogP contribution in [0.5, 0.6) is 0 Å². The molecule has 1 unspecified atom stereocenters. The van der Waals surface area contributed by atoms with Gasteiger partial charge in [0.25, 0.3) is 0 Å². The quantitative estimate of drug-likeness (QED) is 0.686. The molecule has 18 heavy (non-hydrogen) atoms. The summed E-state index contributed by atoms with van der Waals surface area (Å²) in [7, 11) is 1.71. The van der Waals surface area contributed by atoms with Crippen molar-refractivity contribution in [2.75, 3.05) is 24.8 Å². The molecule has 0 radical (unpaired) electrons. The Morgan fingerprint density at radius 1 is 1.50 bits per heavy atom. The first-order chi connectivity index (χ1) is 8.74. The van der Waals surface area contributed by atoms with Crippen molar-refractivity contribution < 1.29 is 4.74 Å². The van der Waals surface area contributed by atoms with Crippen molar-refractivity contribution in [2.24, 2.45) is 0 Å². The lowest BCUT2D eigenvalue weighted by Crippen LogP contribution is -2.25. The van der Waals surface area contributed by atoms with E-state index in [-0.39, 0.29) is 6.04 Å². The summed E-state index contributed by atoms with van der Waals surface area (Å²) in [6, 6.07) is 4.20. The topological polar surface area (TPSA) is 76.0 Å². The third-order valence-corrected chi connectivity index (χ3v) is 2.97. The Labute approximate surface area is 107 Å². The van der Waals surface area contributed by atoms with Gasteiger partial charge in [-0.2, -0.15) is 5.10 Å². The fourth-order valence-corrected chi connectivity index (χ4v) is 2.10. The lowest BCUT2D eigenvalue weighted by atomic mass is 10.1. The molecule has 0 aliphatic carbocycles. The Morgan fingerprint density at radius 2 is 2.33 bits per heavy atom. The minimum absolute atomic E-state index is 0.280. The molecular weight excluding hydrogens is 228 g/mol. The number of ether oxygens (including phenoxy) is 1. The normalized spacial score (nSPS) is 12.8. The molecule has 0 saturated carbocycles. The van der Waals surface area contributed by atoms with Gasteiger partial charge in [0.15, 0.2) is 0 Å². The molecule has 2 rings (SSSR count). The molecular formula is C13H20N4O. The SMILES string of the molecule is CCCC(COC)Nc1cc2[nH]ncc2cc1N. The molecule has 5 heteroatoms. The highest BCUT2D eigenvalue weighted by Crippen LogP contribution is 2.25. The number of H-pyrrole nitrogens is 1. The van der Waals surface area contributed by atoms with E-state index in [1.165, 1.54) is 0 Å². The van der Waals surface area contributed by atoms with Gasteiger partial charge in [-0.15, -0.1) is 0 Å². The second-order valence-corrected chi connectivity index (χ2v) is 4.48. The Morgan fingerprint density at radius 3 is 3.06 bits per heavy atom. The number of anilines is 2. The number of nitrogens with one attached hydrogen (secondary N) is 2. The van der Waals surface area contributed by atoms with Crippen molar-refractivity contribution in [3.8, 4) is 0 Å². The first kappa shape index (κ1) is 12.7. The summed E-state index contributed by atoms with van der Waals surface area (Å²) in [5, 5.41) is 11.4. The highest BCUT2D eigenvalue weighted by molar-refractivity contribution is 5.88. The molecule has 0 aliphatic rings. The molecule has 5 nitrogen and oxygen atoms in total. The standard InChI is InChI=1S/C13H20N4O/c1-3-4-10(8-18-2)16-13-6-12-9(5-11(13)14)7-15-17-12/h5-7,10,16H,3-4,8,14H2,1-2H3,(H,15,17). The van der Waals surface area contributed by atoms with Gasteiger partial charge in [0.2, 0.25) is 0 Å². The van der Waals surface area contributed by atoms with E-state index in [1.54, 1.807) is 13.3 Å². The lowest BCUT2D eigenvalue weighted by Gasteiger charge is -2.19. The highest BCUT2D eigenvalue weighted by atomic mass is 16.5. The minimum Gasteiger partial charge on any atom is -0.397 e. The van der Waals surface area contributed by atoms with Crippen LogP contribution in [0.15, 0.2) is 18.3 Å². The van der Waals surface area contributed by atoms with E-state index >= 15 is 0 Å². The average molecular weight is 248 g/mol. The summed E-state index contributed by atoms with van der Waals surface area (Å²) in [5.74, 6) is 0. The zero-order valence-corrected chi connectivity index (χ0v) is 10.9. The van der Waals surface area contributed by atoms with E-state index in [2.05, 4.69) is 22.4 Å². The van der Waals surface area contributed by atoms with Crippen LogP contribution < -0.4 is 11.1 Å². The fraction of sp³-hybridized carbons (Fsp3) is 0.462. The number of benzene rings is 1. The van der Waals surface area contributed by atoms with Crippen molar-refractivity contribution in [1.82, 2.24) is 10.2 Å². The Bertz CT molecular complexity index is 503. The predicted molar refractivity (Wildman–Crippen MR) is 74.7 cm³/mol. The van der Waals surface area contributed by atoms with Crippen LogP contribution in [0.25, 0.3) is 10.9 Å². The van der Waals surface area contributed by atoms with E-state index < -0.39 is 0 Å². The van der Waals surface area contributed by atoms with Crippen LogP contribution in [0.1, 0.15) is 19.8 Å². The molecule has 2 aromatic rings. The minimum atomic E-state index is 0.280. The van der Waals surface area contributed by atoms with Crippen molar-refractivity contribution in [2.45, 2.75) is 25.8 Å². The van der Waals surface area contributed by atoms with E-state index in [4.69, 9.17) is 10.5 Å². The van der Waals surface area contributed by atoms with Crippen LogP contribution >= 0.6 is 0 Å². The number of hydrogen-bond donors (Lipinski definition) is 3. The second-order valence-electron chi connectivity index (χ2n) is 4.48. The van der Waals surface area contributed by atoms with Crippen LogP contribution in [0.4, 0.5) is 11.4 Å². The van der Waals surface area contributed by atoms with Gasteiger partial charge in [0.1, 0.15) is 0 Å². The number of aromatic nitrogens is 2. The molecule has 0 aliphatic heterocycles. The molecule has 0 fully saturated rings. The monoisotopic (exact) mass is 248 g/mol. The molecule has 1 aromatic carbocycles. The summed E-state index contributed by atoms with van der Waals surface area (Å²) in [6.07, 6.45) is 3.93. The number of rotatable bonds is 6. The summed E-state index contributed by atoms with van der Waals surface area (Å²) < 4.78 is 5.22. The fourth-order valence-electron chi connectivity index (χ4n) is 2.10. The summed E-state index contributed by atoms with van der Waals surface area (Å²) in [4.78, 5) is 0. The largest absolute Gasteiger partial charge is 0.397 e. The maximum Gasteiger partial charge on any atom is 0.0672 e. The van der Waals surface area contributed by atoms with Crippen LogP contribution in [0.3, 0.4) is 0 Å². The third-order valence-electron chi connectivity index (χ3n) is 2.97. The van der Waals surface area contributed by atoms with Crippen molar-refractivity contribution >= 4 is 22.3 Å². The molecule has 0 saturated heterocycles. The van der Waals surface area contributed by atoms with Crippen LogP contribution in [0.2, 0.25) is 0 Å². The van der Waals surface area contributed by atoms with Crippen LogP contribution in [-0.2, 0) is 4.74 Å². The van der Waals surface area contributed by atoms with Gasteiger partial charge in [-0.3, -0.25) is 5.10 Å². The molecule has 1 aromatic heterocycles. The number of nitrogen functional groups attached to an aromatic ring is 1. The van der Waals surface area contributed by atoms with Gasteiger partial charge in [0.05, 0.1) is 29.7 Å². The smallest absolute Gasteiger partial charge is 0.0672 e. The Balaban J connectivity index is 2.20. The highest BCUT2D eigenvalue weighted by Gasteiger charge is 2.10. The Kier molecular flexibility index (Phi) is 4.04. The molecule has 1 atom stereocenters. The lowest BCUT2D eigenvalue weighted by molar-refractivity contribution is 0.182. The van der Waals surface area contributed by atoms with E-state index in [9.17, 15) is 0 Å². The Hall–Kier alpha value is -1.75. The zero-order valence-electron chi connectivity index (χ0n) is 10.9. The number of nitrogens with two attached hydrogens (primary N) is 1. The van der Waals surface area contributed by atoms with Gasteiger partial charge in [-0.05, 0) is 18.6 Å². The molecule has 4 N–H and O–H groups in total. The maximum atomic E-state index is 6.04. The van der Waals surface area contributed by atoms with E-state index in [0.29, 0.717) is 6.61 Å². The zero-order chi connectivity index (χ0) is 13.0. The predicted octanol–water partition coefficient (Wildman–Crippen LogP) is 2.37. The number of aromatic amines is 1. The molecule has 0 spiro atoms. The number of fused-ring (bicyclic) bond motifs is 1.